The van der Waals surface area contributed by atoms with E-state index in [1.54, 1.807) is 4.90 Å². The Morgan fingerprint density at radius 3 is 2.73 bits per heavy atom. The highest BCUT2D eigenvalue weighted by molar-refractivity contribution is 5.68. The number of anilines is 1. The molecule has 0 saturated carbocycles. The predicted molar refractivity (Wildman–Crippen MR) is 81.2 cm³/mol. The van der Waals surface area contributed by atoms with Crippen molar-refractivity contribution in [3.63, 3.8) is 0 Å². The molecular weight excluding hydrogens is 282 g/mol. The van der Waals surface area contributed by atoms with E-state index in [-0.39, 0.29) is 12.1 Å². The average molecular weight is 303 g/mol. The topological polar surface area (TPSA) is 91.1 Å². The smallest absolute Gasteiger partial charge is 0.410 e. The van der Waals surface area contributed by atoms with Gasteiger partial charge in [-0.05, 0) is 33.6 Å². The van der Waals surface area contributed by atoms with Crippen LogP contribution in [0.15, 0.2) is 12.4 Å². The number of hydrogen-bond donors (Lipinski definition) is 1. The molecule has 1 fully saturated rings. The summed E-state index contributed by atoms with van der Waals surface area (Å²) in [6.07, 6.45) is 4.49. The monoisotopic (exact) mass is 303 g/mol. The van der Waals surface area contributed by atoms with Gasteiger partial charge in [0, 0.05) is 19.1 Å². The third-order valence-electron chi connectivity index (χ3n) is 3.19. The molecular formula is C15H21N5O2. The zero-order chi connectivity index (χ0) is 16.2. The van der Waals surface area contributed by atoms with Gasteiger partial charge in [0.15, 0.2) is 0 Å². The fraction of sp³-hybridized carbons (Fsp3) is 0.600. The van der Waals surface area contributed by atoms with E-state index in [1.807, 2.05) is 26.8 Å². The number of aromatic nitrogens is 2. The maximum Gasteiger partial charge on any atom is 0.410 e. The van der Waals surface area contributed by atoms with Crippen molar-refractivity contribution in [3.8, 4) is 6.07 Å². The molecule has 7 heteroatoms. The Labute approximate surface area is 130 Å². The van der Waals surface area contributed by atoms with E-state index in [9.17, 15) is 4.79 Å². The predicted octanol–water partition coefficient (Wildman–Crippen LogP) is 2.16. The van der Waals surface area contributed by atoms with E-state index >= 15 is 0 Å². The lowest BCUT2D eigenvalue weighted by Gasteiger charge is -2.34. The van der Waals surface area contributed by atoms with Gasteiger partial charge in [0.25, 0.3) is 0 Å². The van der Waals surface area contributed by atoms with Gasteiger partial charge in [0.05, 0.1) is 18.0 Å². The number of hydrogen-bond acceptors (Lipinski definition) is 6. The Hall–Kier alpha value is -2.36. The van der Waals surface area contributed by atoms with E-state index in [2.05, 4.69) is 15.3 Å². The minimum absolute atomic E-state index is 0.0780. The summed E-state index contributed by atoms with van der Waals surface area (Å²) in [5.41, 5.74) is -0.0715. The van der Waals surface area contributed by atoms with Crippen LogP contribution in [0.25, 0.3) is 0 Å². The van der Waals surface area contributed by atoms with Crippen molar-refractivity contribution in [3.05, 3.63) is 18.0 Å². The van der Waals surface area contributed by atoms with Crippen LogP contribution in [0.4, 0.5) is 10.7 Å². The number of rotatable bonds is 2. The van der Waals surface area contributed by atoms with E-state index in [4.69, 9.17) is 10.00 Å². The van der Waals surface area contributed by atoms with Gasteiger partial charge in [-0.1, -0.05) is 0 Å². The molecule has 1 amide bonds. The first kappa shape index (κ1) is 16.0. The van der Waals surface area contributed by atoms with E-state index in [0.29, 0.717) is 24.6 Å². The summed E-state index contributed by atoms with van der Waals surface area (Å²) in [7, 11) is 0. The van der Waals surface area contributed by atoms with Gasteiger partial charge in [-0.2, -0.15) is 5.26 Å². The van der Waals surface area contributed by atoms with Gasteiger partial charge in [0.2, 0.25) is 5.95 Å². The molecule has 0 bridgehead atoms. The first-order chi connectivity index (χ1) is 10.4. The lowest BCUT2D eigenvalue weighted by atomic mass is 10.1. The molecule has 0 unspecified atom stereocenters. The third-order valence-corrected chi connectivity index (χ3v) is 3.19. The Bertz CT molecular complexity index is 559. The Morgan fingerprint density at radius 2 is 2.14 bits per heavy atom. The fourth-order valence-corrected chi connectivity index (χ4v) is 2.23. The van der Waals surface area contributed by atoms with Crippen molar-refractivity contribution in [2.45, 2.75) is 45.3 Å². The van der Waals surface area contributed by atoms with Crippen molar-refractivity contribution in [1.29, 1.82) is 5.26 Å². The van der Waals surface area contributed by atoms with Crippen LogP contribution in [0.5, 0.6) is 0 Å². The standard InChI is InChI=1S/C15H21N5O2/c1-15(2,3)22-14(21)20-6-4-5-12(10-20)19-13-17-8-11(7-16)9-18-13/h8-9,12H,4-6,10H2,1-3H3,(H,17,18,19)/t12-/m1/s1. The summed E-state index contributed by atoms with van der Waals surface area (Å²) in [4.78, 5) is 22.0. The minimum atomic E-state index is -0.492. The molecule has 1 N–H and O–H groups in total. The minimum Gasteiger partial charge on any atom is -0.444 e. The van der Waals surface area contributed by atoms with E-state index in [0.717, 1.165) is 12.8 Å². The summed E-state index contributed by atoms with van der Waals surface area (Å²) in [5.74, 6) is 0.468. The van der Waals surface area contributed by atoms with Crippen LogP contribution in [0.2, 0.25) is 0 Å². The molecule has 22 heavy (non-hydrogen) atoms. The molecule has 0 aromatic carbocycles. The van der Waals surface area contributed by atoms with Crippen LogP contribution < -0.4 is 5.32 Å². The Balaban J connectivity index is 1.92. The molecule has 0 spiro atoms. The largest absolute Gasteiger partial charge is 0.444 e. The summed E-state index contributed by atoms with van der Waals surface area (Å²) in [6.45, 7) is 6.82. The van der Waals surface area contributed by atoms with Crippen LogP contribution in [0, 0.1) is 11.3 Å². The number of nitrogens with zero attached hydrogens (tertiary/aromatic N) is 4. The van der Waals surface area contributed by atoms with E-state index in [1.165, 1.54) is 12.4 Å². The molecule has 1 aromatic heterocycles. The van der Waals surface area contributed by atoms with Gasteiger partial charge in [-0.15, -0.1) is 0 Å². The fourth-order valence-electron chi connectivity index (χ4n) is 2.23. The highest BCUT2D eigenvalue weighted by atomic mass is 16.6. The van der Waals surface area contributed by atoms with Crippen LogP contribution in [0.1, 0.15) is 39.2 Å². The number of ether oxygens (including phenoxy) is 1. The molecule has 118 valence electrons. The number of nitriles is 1. The number of nitrogens with one attached hydrogen (secondary N) is 1. The highest BCUT2D eigenvalue weighted by Crippen LogP contribution is 2.17. The number of piperidine rings is 1. The molecule has 1 aliphatic rings. The first-order valence-electron chi connectivity index (χ1n) is 7.34. The SMILES string of the molecule is CC(C)(C)OC(=O)N1CCC[C@@H](Nc2ncc(C#N)cn2)C1. The van der Waals surface area contributed by atoms with Crippen LogP contribution in [-0.2, 0) is 4.74 Å². The summed E-state index contributed by atoms with van der Waals surface area (Å²) in [6, 6.07) is 2.06. The number of amides is 1. The molecule has 2 heterocycles. The third kappa shape index (κ3) is 4.58. The normalized spacial score (nSPS) is 18.5. The zero-order valence-electron chi connectivity index (χ0n) is 13.2. The van der Waals surface area contributed by atoms with Crippen LogP contribution in [-0.4, -0.2) is 45.7 Å². The molecule has 2 rings (SSSR count). The van der Waals surface area contributed by atoms with E-state index < -0.39 is 5.60 Å². The molecule has 7 nitrogen and oxygen atoms in total. The first-order valence-corrected chi connectivity index (χ1v) is 7.34. The summed E-state index contributed by atoms with van der Waals surface area (Å²) >= 11 is 0. The number of carbonyl (C=O) groups excluding carboxylic acids is 1. The van der Waals surface area contributed by atoms with Gasteiger partial charge < -0.3 is 15.0 Å². The second-order valence-electron chi connectivity index (χ2n) is 6.32. The quantitative estimate of drug-likeness (QED) is 0.900. The van der Waals surface area contributed by atoms with Gasteiger partial charge in [0.1, 0.15) is 11.7 Å². The molecule has 1 aliphatic heterocycles. The molecule has 1 atom stereocenters. The van der Waals surface area contributed by atoms with Crippen molar-refractivity contribution in [2.75, 3.05) is 18.4 Å². The van der Waals surface area contributed by atoms with Crippen molar-refractivity contribution >= 4 is 12.0 Å². The maximum atomic E-state index is 12.1. The van der Waals surface area contributed by atoms with Gasteiger partial charge in [-0.3, -0.25) is 0 Å². The second-order valence-corrected chi connectivity index (χ2v) is 6.32. The lowest BCUT2D eigenvalue weighted by molar-refractivity contribution is 0.0206. The second kappa shape index (κ2) is 6.60. The zero-order valence-corrected chi connectivity index (χ0v) is 13.2. The molecule has 1 aromatic rings. The van der Waals surface area contributed by atoms with Crippen molar-refractivity contribution in [1.82, 2.24) is 14.9 Å². The maximum absolute atomic E-state index is 12.1. The molecule has 0 radical (unpaired) electrons. The Kier molecular flexibility index (Phi) is 4.81. The summed E-state index contributed by atoms with van der Waals surface area (Å²) < 4.78 is 5.40. The highest BCUT2D eigenvalue weighted by Gasteiger charge is 2.27. The van der Waals surface area contributed by atoms with Crippen LogP contribution in [0.3, 0.4) is 0 Å². The van der Waals surface area contributed by atoms with Gasteiger partial charge in [-0.25, -0.2) is 14.8 Å². The summed E-state index contributed by atoms with van der Waals surface area (Å²) in [5, 5.41) is 11.9. The molecule has 0 aliphatic carbocycles. The number of carbonyl (C=O) groups is 1. The Morgan fingerprint density at radius 1 is 1.45 bits per heavy atom. The average Bonchev–Trinajstić information content (AvgIpc) is 2.46. The molecule has 1 saturated heterocycles. The lowest BCUT2D eigenvalue weighted by Crippen LogP contribution is -2.47. The van der Waals surface area contributed by atoms with Crippen molar-refractivity contribution in [2.24, 2.45) is 0 Å². The van der Waals surface area contributed by atoms with Crippen molar-refractivity contribution < 1.29 is 9.53 Å². The van der Waals surface area contributed by atoms with Crippen LogP contribution >= 0.6 is 0 Å². The van der Waals surface area contributed by atoms with Gasteiger partial charge >= 0.3 is 6.09 Å². The number of likely N-dealkylation sites (tertiary alicyclic amines) is 1.